The maximum absolute atomic E-state index is 11.9. The van der Waals surface area contributed by atoms with Crippen LogP contribution in [0.3, 0.4) is 0 Å². The molecule has 1 aromatic rings. The Morgan fingerprint density at radius 2 is 1.91 bits per heavy atom. The summed E-state index contributed by atoms with van der Waals surface area (Å²) >= 11 is 0. The molecule has 0 atom stereocenters. The molecule has 5 nitrogen and oxygen atoms in total. The molecule has 4 fully saturated rings. The molecule has 23 heavy (non-hydrogen) atoms. The Hall–Kier alpha value is -1.78. The molecule has 0 aliphatic heterocycles. The number of hydrazone groups is 1. The van der Waals surface area contributed by atoms with Crippen LogP contribution in [-0.4, -0.2) is 11.7 Å². The summed E-state index contributed by atoms with van der Waals surface area (Å²) in [4.78, 5) is 11.9. The second-order valence-electron chi connectivity index (χ2n) is 7.77. The number of carbonyl (C=O) groups is 1. The van der Waals surface area contributed by atoms with E-state index in [9.17, 15) is 4.79 Å². The van der Waals surface area contributed by atoms with Crippen molar-refractivity contribution in [2.75, 3.05) is 0 Å². The van der Waals surface area contributed by atoms with Gasteiger partial charge in [-0.25, -0.2) is 10.2 Å². The Morgan fingerprint density at radius 1 is 1.26 bits per heavy atom. The number of urea groups is 1. The SMILES string of the molecule is CC(=NNC(=O)NCc1ccco1)C12CC3CC(CC(C3)C1)C2. The zero-order valence-electron chi connectivity index (χ0n) is 13.7. The average molecular weight is 315 g/mol. The van der Waals surface area contributed by atoms with E-state index >= 15 is 0 Å². The van der Waals surface area contributed by atoms with E-state index in [1.807, 2.05) is 12.1 Å². The van der Waals surface area contributed by atoms with Gasteiger partial charge in [-0.05, 0) is 75.3 Å². The first-order chi connectivity index (χ1) is 11.1. The highest BCUT2D eigenvalue weighted by Crippen LogP contribution is 2.60. The van der Waals surface area contributed by atoms with Crippen molar-refractivity contribution in [1.29, 1.82) is 0 Å². The third kappa shape index (κ3) is 2.89. The standard InChI is InChI=1S/C18H25N3O2/c1-12(20-21-17(22)19-11-16-3-2-4-23-16)18-8-13-5-14(9-18)7-15(6-13)10-18/h2-4,13-15H,5-11H2,1H3,(H2,19,21,22). The van der Waals surface area contributed by atoms with Crippen LogP contribution in [0.1, 0.15) is 51.2 Å². The number of hydrogen-bond acceptors (Lipinski definition) is 3. The van der Waals surface area contributed by atoms with Gasteiger partial charge in [0.1, 0.15) is 5.76 Å². The highest BCUT2D eigenvalue weighted by molar-refractivity contribution is 5.89. The highest BCUT2D eigenvalue weighted by atomic mass is 16.3. The molecule has 0 radical (unpaired) electrons. The lowest BCUT2D eigenvalue weighted by molar-refractivity contribution is -0.0128. The number of hydrogen-bond donors (Lipinski definition) is 2. The van der Waals surface area contributed by atoms with Crippen LogP contribution in [-0.2, 0) is 6.54 Å². The molecule has 0 spiro atoms. The first kappa shape index (κ1) is 14.8. The van der Waals surface area contributed by atoms with Gasteiger partial charge in [0.25, 0.3) is 0 Å². The molecular formula is C18H25N3O2. The fourth-order valence-corrected chi connectivity index (χ4v) is 5.43. The molecule has 2 amide bonds. The molecule has 0 unspecified atom stereocenters. The van der Waals surface area contributed by atoms with Crippen LogP contribution in [0.4, 0.5) is 4.79 Å². The van der Waals surface area contributed by atoms with E-state index in [0.29, 0.717) is 6.54 Å². The molecule has 5 heteroatoms. The van der Waals surface area contributed by atoms with Gasteiger partial charge in [-0.15, -0.1) is 0 Å². The first-order valence-electron chi connectivity index (χ1n) is 8.74. The number of amides is 2. The van der Waals surface area contributed by atoms with Crippen molar-refractivity contribution in [2.45, 2.75) is 52.0 Å². The Kier molecular flexibility index (Phi) is 3.66. The average Bonchev–Trinajstić information content (AvgIpc) is 3.02. The van der Waals surface area contributed by atoms with Gasteiger partial charge < -0.3 is 9.73 Å². The molecular weight excluding hydrogens is 290 g/mol. The monoisotopic (exact) mass is 315 g/mol. The van der Waals surface area contributed by atoms with Gasteiger partial charge in [0.15, 0.2) is 0 Å². The molecule has 4 aliphatic rings. The molecule has 0 aromatic carbocycles. The molecule has 1 heterocycles. The molecule has 4 aliphatic carbocycles. The fourth-order valence-electron chi connectivity index (χ4n) is 5.43. The van der Waals surface area contributed by atoms with E-state index in [0.717, 1.165) is 29.2 Å². The molecule has 2 N–H and O–H groups in total. The summed E-state index contributed by atoms with van der Waals surface area (Å²) < 4.78 is 5.20. The molecule has 0 saturated heterocycles. The predicted molar refractivity (Wildman–Crippen MR) is 87.8 cm³/mol. The number of rotatable bonds is 4. The van der Waals surface area contributed by atoms with Crippen LogP contribution in [0, 0.1) is 23.2 Å². The normalized spacial score (nSPS) is 35.3. The quantitative estimate of drug-likeness (QED) is 0.657. The predicted octanol–water partition coefficient (Wildman–Crippen LogP) is 3.67. The fraction of sp³-hybridized carbons (Fsp3) is 0.667. The van der Waals surface area contributed by atoms with E-state index in [4.69, 9.17) is 4.42 Å². The Labute approximate surface area is 136 Å². The zero-order chi connectivity index (χ0) is 15.9. The number of furan rings is 1. The van der Waals surface area contributed by atoms with Crippen LogP contribution < -0.4 is 10.7 Å². The largest absolute Gasteiger partial charge is 0.467 e. The van der Waals surface area contributed by atoms with Crippen molar-refractivity contribution in [3.05, 3.63) is 24.2 Å². The second kappa shape index (κ2) is 5.69. The highest BCUT2D eigenvalue weighted by Gasteiger charge is 2.52. The van der Waals surface area contributed by atoms with Gasteiger partial charge in [0.05, 0.1) is 12.8 Å². The summed E-state index contributed by atoms with van der Waals surface area (Å²) in [5.74, 6) is 3.40. The van der Waals surface area contributed by atoms with E-state index in [2.05, 4.69) is 22.8 Å². The zero-order valence-corrected chi connectivity index (χ0v) is 13.7. The van der Waals surface area contributed by atoms with Crippen LogP contribution in [0.5, 0.6) is 0 Å². The Morgan fingerprint density at radius 3 is 2.48 bits per heavy atom. The minimum absolute atomic E-state index is 0.253. The molecule has 5 rings (SSSR count). The first-order valence-corrected chi connectivity index (χ1v) is 8.74. The van der Waals surface area contributed by atoms with E-state index in [-0.39, 0.29) is 11.4 Å². The van der Waals surface area contributed by atoms with E-state index in [1.54, 1.807) is 6.26 Å². The summed E-state index contributed by atoms with van der Waals surface area (Å²) in [6, 6.07) is 3.37. The molecule has 1 aromatic heterocycles. The Bertz CT molecular complexity index is 571. The number of nitrogens with zero attached hydrogens (tertiary/aromatic N) is 1. The van der Waals surface area contributed by atoms with Crippen LogP contribution in [0.2, 0.25) is 0 Å². The minimum Gasteiger partial charge on any atom is -0.467 e. The van der Waals surface area contributed by atoms with Gasteiger partial charge in [0, 0.05) is 11.1 Å². The van der Waals surface area contributed by atoms with Crippen LogP contribution in [0.25, 0.3) is 0 Å². The molecule has 4 bridgehead atoms. The summed E-state index contributed by atoms with van der Waals surface area (Å²) in [7, 11) is 0. The van der Waals surface area contributed by atoms with Crippen LogP contribution in [0.15, 0.2) is 27.9 Å². The van der Waals surface area contributed by atoms with Crippen LogP contribution >= 0.6 is 0 Å². The number of nitrogens with one attached hydrogen (secondary N) is 2. The van der Waals surface area contributed by atoms with Crippen molar-refractivity contribution in [1.82, 2.24) is 10.7 Å². The maximum atomic E-state index is 11.9. The minimum atomic E-state index is -0.273. The summed E-state index contributed by atoms with van der Waals surface area (Å²) in [6.07, 6.45) is 9.67. The van der Waals surface area contributed by atoms with Gasteiger partial charge in [-0.1, -0.05) is 0 Å². The smallest absolute Gasteiger partial charge is 0.335 e. The van der Waals surface area contributed by atoms with Crippen molar-refractivity contribution < 1.29 is 9.21 Å². The molecule has 4 saturated carbocycles. The topological polar surface area (TPSA) is 66.6 Å². The maximum Gasteiger partial charge on any atom is 0.335 e. The summed E-state index contributed by atoms with van der Waals surface area (Å²) in [6.45, 7) is 2.48. The van der Waals surface area contributed by atoms with Crippen molar-refractivity contribution in [2.24, 2.45) is 28.3 Å². The van der Waals surface area contributed by atoms with E-state index in [1.165, 1.54) is 38.5 Å². The van der Waals surface area contributed by atoms with Crippen molar-refractivity contribution in [3.63, 3.8) is 0 Å². The molecule has 124 valence electrons. The van der Waals surface area contributed by atoms with Crippen molar-refractivity contribution >= 4 is 11.7 Å². The third-order valence-electron chi connectivity index (χ3n) is 6.13. The third-order valence-corrected chi connectivity index (χ3v) is 6.13. The summed E-state index contributed by atoms with van der Waals surface area (Å²) in [5, 5.41) is 7.20. The lowest BCUT2D eigenvalue weighted by Crippen LogP contribution is -2.50. The van der Waals surface area contributed by atoms with E-state index < -0.39 is 0 Å². The van der Waals surface area contributed by atoms with Gasteiger partial charge >= 0.3 is 6.03 Å². The Balaban J connectivity index is 1.36. The lowest BCUT2D eigenvalue weighted by Gasteiger charge is -2.56. The van der Waals surface area contributed by atoms with Gasteiger partial charge in [-0.3, -0.25) is 0 Å². The second-order valence-corrected chi connectivity index (χ2v) is 7.77. The number of carbonyl (C=O) groups excluding carboxylic acids is 1. The van der Waals surface area contributed by atoms with Gasteiger partial charge in [0.2, 0.25) is 0 Å². The van der Waals surface area contributed by atoms with Crippen molar-refractivity contribution in [3.8, 4) is 0 Å². The lowest BCUT2D eigenvalue weighted by atomic mass is 9.48. The summed E-state index contributed by atoms with van der Waals surface area (Å²) in [5.41, 5.74) is 4.03. The van der Waals surface area contributed by atoms with Gasteiger partial charge in [-0.2, -0.15) is 5.10 Å².